The van der Waals surface area contributed by atoms with E-state index in [1.807, 2.05) is 50.2 Å². The first-order chi connectivity index (χ1) is 13.7. The van der Waals surface area contributed by atoms with E-state index in [9.17, 15) is 14.4 Å². The first-order valence-corrected chi connectivity index (χ1v) is 9.85. The smallest absolute Gasteiger partial charge is 0.325 e. The van der Waals surface area contributed by atoms with E-state index in [2.05, 4.69) is 17.6 Å². The van der Waals surface area contributed by atoms with Crippen LogP contribution >= 0.6 is 0 Å². The third-order valence-electron chi connectivity index (χ3n) is 5.44. The van der Waals surface area contributed by atoms with Gasteiger partial charge < -0.3 is 10.6 Å². The van der Waals surface area contributed by atoms with Gasteiger partial charge >= 0.3 is 6.03 Å². The molecule has 2 aromatic rings. The van der Waals surface area contributed by atoms with Crippen LogP contribution in [-0.2, 0) is 21.5 Å². The zero-order valence-electron chi connectivity index (χ0n) is 17.3. The Hall–Kier alpha value is -3.15. The predicted octanol–water partition coefficient (Wildman–Crippen LogP) is 3.66. The van der Waals surface area contributed by atoms with E-state index in [-0.39, 0.29) is 6.54 Å². The van der Waals surface area contributed by atoms with Crippen molar-refractivity contribution in [3.63, 3.8) is 0 Å². The molecule has 3 rings (SSSR count). The number of nitrogens with zero attached hydrogens (tertiary/aromatic N) is 1. The zero-order chi connectivity index (χ0) is 21.2. The maximum atomic E-state index is 13.0. The molecule has 0 unspecified atom stereocenters. The summed E-state index contributed by atoms with van der Waals surface area (Å²) in [4.78, 5) is 38.8. The molecular formula is C23H27N3O3. The van der Waals surface area contributed by atoms with Gasteiger partial charge in [-0.05, 0) is 61.6 Å². The van der Waals surface area contributed by atoms with Gasteiger partial charge in [0.05, 0.1) is 0 Å². The van der Waals surface area contributed by atoms with E-state index < -0.39 is 23.4 Å². The fourth-order valence-electron chi connectivity index (χ4n) is 3.49. The fraction of sp³-hybridized carbons (Fsp3) is 0.348. The number of benzene rings is 2. The average molecular weight is 393 g/mol. The van der Waals surface area contributed by atoms with Gasteiger partial charge in [0.2, 0.25) is 5.91 Å². The van der Waals surface area contributed by atoms with Gasteiger partial charge in [-0.3, -0.25) is 14.5 Å². The third-order valence-corrected chi connectivity index (χ3v) is 5.44. The summed E-state index contributed by atoms with van der Waals surface area (Å²) in [6.45, 7) is 7.39. The Bertz CT molecular complexity index is 952. The number of amides is 4. The van der Waals surface area contributed by atoms with Crippen LogP contribution < -0.4 is 10.6 Å². The van der Waals surface area contributed by atoms with Crippen LogP contribution in [0.5, 0.6) is 0 Å². The lowest BCUT2D eigenvalue weighted by molar-refractivity contribution is -0.133. The largest absolute Gasteiger partial charge is 0.325 e. The van der Waals surface area contributed by atoms with Crippen LogP contribution in [-0.4, -0.2) is 29.3 Å². The number of carbonyl (C=O) groups excluding carboxylic acids is 3. The molecule has 0 bridgehead atoms. The van der Waals surface area contributed by atoms with Crippen molar-refractivity contribution in [2.45, 2.75) is 46.1 Å². The number of hydrogen-bond acceptors (Lipinski definition) is 3. The first-order valence-electron chi connectivity index (χ1n) is 9.85. The summed E-state index contributed by atoms with van der Waals surface area (Å²) in [6, 6.07) is 12.7. The van der Waals surface area contributed by atoms with Crippen molar-refractivity contribution in [1.82, 2.24) is 10.2 Å². The molecular weight excluding hydrogens is 366 g/mol. The van der Waals surface area contributed by atoms with Crippen molar-refractivity contribution < 1.29 is 14.4 Å². The maximum Gasteiger partial charge on any atom is 0.325 e. The Balaban J connectivity index is 1.72. The highest BCUT2D eigenvalue weighted by Crippen LogP contribution is 2.29. The molecule has 0 radical (unpaired) electrons. The van der Waals surface area contributed by atoms with Crippen LogP contribution in [0, 0.1) is 13.8 Å². The fourth-order valence-corrected chi connectivity index (χ4v) is 3.49. The summed E-state index contributed by atoms with van der Waals surface area (Å²) in [6.07, 6.45) is 2.00. The number of nitrogens with one attached hydrogen (secondary N) is 2. The summed E-state index contributed by atoms with van der Waals surface area (Å²) >= 11 is 0. The van der Waals surface area contributed by atoms with Crippen molar-refractivity contribution in [2.75, 3.05) is 11.9 Å². The molecule has 0 aliphatic carbocycles. The average Bonchev–Trinajstić information content (AvgIpc) is 2.89. The molecule has 1 heterocycles. The van der Waals surface area contributed by atoms with Crippen LogP contribution in [0.1, 0.15) is 42.5 Å². The Morgan fingerprint density at radius 2 is 1.76 bits per heavy atom. The van der Waals surface area contributed by atoms with Gasteiger partial charge in [-0.25, -0.2) is 4.79 Å². The molecule has 2 N–H and O–H groups in total. The third kappa shape index (κ3) is 4.16. The lowest BCUT2D eigenvalue weighted by atomic mass is 9.91. The second-order valence-corrected chi connectivity index (χ2v) is 7.74. The van der Waals surface area contributed by atoms with Crippen LogP contribution in [0.25, 0.3) is 0 Å². The van der Waals surface area contributed by atoms with Gasteiger partial charge in [0, 0.05) is 5.69 Å². The lowest BCUT2D eigenvalue weighted by Gasteiger charge is -2.22. The normalized spacial score (nSPS) is 18.7. The van der Waals surface area contributed by atoms with E-state index in [0.29, 0.717) is 11.3 Å². The second-order valence-electron chi connectivity index (χ2n) is 7.74. The summed E-state index contributed by atoms with van der Waals surface area (Å²) in [7, 11) is 0. The molecule has 1 fully saturated rings. The molecule has 6 nitrogen and oxygen atoms in total. The summed E-state index contributed by atoms with van der Waals surface area (Å²) in [5.74, 6) is -0.847. The maximum absolute atomic E-state index is 13.0. The molecule has 2 aromatic carbocycles. The SMILES string of the molecule is CCCc1ccc([C@@]2(C)NC(=O)N(CC(=O)Nc3ccc(C)c(C)c3)C2=O)cc1. The molecule has 4 amide bonds. The second kappa shape index (κ2) is 8.07. The van der Waals surface area contributed by atoms with E-state index in [1.54, 1.807) is 13.0 Å². The Morgan fingerprint density at radius 3 is 2.38 bits per heavy atom. The van der Waals surface area contributed by atoms with Crippen LogP contribution in [0.15, 0.2) is 42.5 Å². The van der Waals surface area contributed by atoms with Crippen LogP contribution in [0.4, 0.5) is 10.5 Å². The molecule has 29 heavy (non-hydrogen) atoms. The van der Waals surface area contributed by atoms with Crippen molar-refractivity contribution in [1.29, 1.82) is 0 Å². The van der Waals surface area contributed by atoms with Crippen molar-refractivity contribution in [3.05, 3.63) is 64.7 Å². The number of carbonyl (C=O) groups is 3. The Kier molecular flexibility index (Phi) is 5.73. The quantitative estimate of drug-likeness (QED) is 0.735. The summed E-state index contributed by atoms with van der Waals surface area (Å²) in [5, 5.41) is 5.49. The van der Waals surface area contributed by atoms with Crippen LogP contribution in [0.2, 0.25) is 0 Å². The summed E-state index contributed by atoms with van der Waals surface area (Å²) in [5.41, 5.74) is 3.52. The number of anilines is 1. The monoisotopic (exact) mass is 393 g/mol. The van der Waals surface area contributed by atoms with Crippen molar-refractivity contribution >= 4 is 23.5 Å². The van der Waals surface area contributed by atoms with Crippen molar-refractivity contribution in [2.24, 2.45) is 0 Å². The topological polar surface area (TPSA) is 78.5 Å². The minimum atomic E-state index is -1.18. The van der Waals surface area contributed by atoms with E-state index in [4.69, 9.17) is 0 Å². The molecule has 1 aliphatic rings. The minimum absolute atomic E-state index is 0.332. The number of rotatable bonds is 6. The highest BCUT2D eigenvalue weighted by Gasteiger charge is 2.49. The molecule has 6 heteroatoms. The van der Waals surface area contributed by atoms with Gasteiger partial charge in [0.25, 0.3) is 5.91 Å². The molecule has 0 aromatic heterocycles. The van der Waals surface area contributed by atoms with E-state index in [0.717, 1.165) is 28.9 Å². The zero-order valence-corrected chi connectivity index (χ0v) is 17.3. The molecule has 1 atom stereocenters. The predicted molar refractivity (Wildman–Crippen MR) is 113 cm³/mol. The van der Waals surface area contributed by atoms with E-state index in [1.165, 1.54) is 5.56 Å². The van der Waals surface area contributed by atoms with E-state index >= 15 is 0 Å². The van der Waals surface area contributed by atoms with Gasteiger partial charge in [-0.2, -0.15) is 0 Å². The van der Waals surface area contributed by atoms with Gasteiger partial charge in [-0.15, -0.1) is 0 Å². The van der Waals surface area contributed by atoms with Crippen molar-refractivity contribution in [3.8, 4) is 0 Å². The minimum Gasteiger partial charge on any atom is -0.325 e. The summed E-state index contributed by atoms with van der Waals surface area (Å²) < 4.78 is 0. The highest BCUT2D eigenvalue weighted by atomic mass is 16.2. The van der Waals surface area contributed by atoms with Gasteiger partial charge in [0.15, 0.2) is 0 Å². The molecule has 152 valence electrons. The molecule has 0 saturated carbocycles. The number of urea groups is 1. The van der Waals surface area contributed by atoms with Gasteiger partial charge in [0.1, 0.15) is 12.1 Å². The molecule has 1 aliphatic heterocycles. The van der Waals surface area contributed by atoms with Crippen LogP contribution in [0.3, 0.4) is 0 Å². The number of imide groups is 1. The molecule has 1 saturated heterocycles. The Labute approximate surface area is 171 Å². The highest BCUT2D eigenvalue weighted by molar-refractivity contribution is 6.10. The number of aryl methyl sites for hydroxylation is 3. The lowest BCUT2D eigenvalue weighted by Crippen LogP contribution is -2.42. The number of hydrogen-bond donors (Lipinski definition) is 2. The Morgan fingerprint density at radius 1 is 1.07 bits per heavy atom. The molecule has 0 spiro atoms. The van der Waals surface area contributed by atoms with Gasteiger partial charge in [-0.1, -0.05) is 43.7 Å². The standard InChI is InChI=1S/C23H27N3O3/c1-5-6-17-8-10-18(11-9-17)23(4)21(28)26(22(29)25-23)14-20(27)24-19-12-7-15(2)16(3)13-19/h7-13H,5-6,14H2,1-4H3,(H,24,27)(H,25,29)/t23-/m1/s1. The first kappa shape index (κ1) is 20.6.